The molecule has 27 heavy (non-hydrogen) atoms. The highest BCUT2D eigenvalue weighted by atomic mass is 35.5. The van der Waals surface area contributed by atoms with Crippen LogP contribution in [0.1, 0.15) is 23.3 Å². The van der Waals surface area contributed by atoms with Crippen LogP contribution in [0.15, 0.2) is 40.6 Å². The smallest absolute Gasteiger partial charge is 0.252 e. The van der Waals surface area contributed by atoms with Gasteiger partial charge in [-0.25, -0.2) is 8.42 Å². The van der Waals surface area contributed by atoms with Crippen LogP contribution in [0.3, 0.4) is 0 Å². The largest absolute Gasteiger partial charge is 0.341 e. The molecule has 1 aromatic carbocycles. The van der Waals surface area contributed by atoms with Crippen molar-refractivity contribution < 1.29 is 13.2 Å². The third kappa shape index (κ3) is 4.71. The molecular weight excluding hydrogens is 404 g/mol. The van der Waals surface area contributed by atoms with Gasteiger partial charge in [-0.1, -0.05) is 23.7 Å². The van der Waals surface area contributed by atoms with Gasteiger partial charge >= 0.3 is 0 Å². The first kappa shape index (κ1) is 20.3. The van der Waals surface area contributed by atoms with Gasteiger partial charge in [-0.05, 0) is 49.6 Å². The second-order valence-electron chi connectivity index (χ2n) is 6.89. The number of amides is 1. The summed E-state index contributed by atoms with van der Waals surface area (Å²) in [5.41, 5.74) is 0.952. The molecule has 3 rings (SSSR count). The maximum Gasteiger partial charge on any atom is 0.252 e. The van der Waals surface area contributed by atoms with E-state index in [9.17, 15) is 13.2 Å². The molecule has 0 spiro atoms. The highest BCUT2D eigenvalue weighted by Gasteiger charge is 2.35. The van der Waals surface area contributed by atoms with Gasteiger partial charge in [0.1, 0.15) is 4.21 Å². The van der Waals surface area contributed by atoms with Gasteiger partial charge in [0.2, 0.25) is 5.91 Å². The summed E-state index contributed by atoms with van der Waals surface area (Å²) in [7, 11) is -1.78. The lowest BCUT2D eigenvalue weighted by molar-refractivity contribution is -0.135. The van der Waals surface area contributed by atoms with Gasteiger partial charge in [0.05, 0.1) is 5.92 Å². The Labute approximate surface area is 169 Å². The first-order valence-electron chi connectivity index (χ1n) is 8.83. The van der Waals surface area contributed by atoms with Gasteiger partial charge in [-0.2, -0.15) is 4.31 Å². The van der Waals surface area contributed by atoms with Crippen molar-refractivity contribution in [3.8, 4) is 0 Å². The van der Waals surface area contributed by atoms with Gasteiger partial charge in [0.15, 0.2) is 0 Å². The normalized spacial score (nSPS) is 18.4. The first-order valence-corrected chi connectivity index (χ1v) is 11.5. The fourth-order valence-corrected chi connectivity index (χ4v) is 6.51. The monoisotopic (exact) mass is 426 g/mol. The number of nitrogens with zero attached hydrogens (tertiary/aromatic N) is 2. The summed E-state index contributed by atoms with van der Waals surface area (Å²) in [4.78, 5) is 15.5. The predicted molar refractivity (Wildman–Crippen MR) is 108 cm³/mol. The Bertz CT molecular complexity index is 927. The zero-order valence-electron chi connectivity index (χ0n) is 15.4. The zero-order chi connectivity index (χ0) is 19.6. The minimum atomic E-state index is -3.53. The van der Waals surface area contributed by atoms with Crippen molar-refractivity contribution in [2.75, 3.05) is 20.1 Å². The van der Waals surface area contributed by atoms with Crippen LogP contribution < -0.4 is 0 Å². The molecule has 1 atom stereocenters. The Balaban J connectivity index is 1.69. The number of aryl methyl sites for hydroxylation is 1. The average Bonchev–Trinajstić information content (AvgIpc) is 3.08. The molecule has 1 aromatic heterocycles. The fourth-order valence-electron chi connectivity index (χ4n) is 3.34. The summed E-state index contributed by atoms with van der Waals surface area (Å²) < 4.78 is 27.5. The maximum absolute atomic E-state index is 12.9. The van der Waals surface area contributed by atoms with E-state index in [2.05, 4.69) is 0 Å². The molecule has 1 aliphatic heterocycles. The SMILES string of the molecule is Cc1ccc(S(=O)(=O)N2CCCC(C(=O)N(C)Cc3cccc(Cl)c3)C2)s1. The first-order chi connectivity index (χ1) is 12.8. The third-order valence-corrected chi connectivity index (χ3v) is 8.30. The van der Waals surface area contributed by atoms with Gasteiger partial charge in [0, 0.05) is 36.6 Å². The number of benzene rings is 1. The Morgan fingerprint density at radius 2 is 2.11 bits per heavy atom. The van der Waals surface area contributed by atoms with Crippen LogP contribution in [0.2, 0.25) is 5.02 Å². The molecule has 1 aliphatic rings. The van der Waals surface area contributed by atoms with Crippen LogP contribution in [0, 0.1) is 12.8 Å². The molecule has 2 heterocycles. The lowest BCUT2D eigenvalue weighted by atomic mass is 9.98. The third-order valence-electron chi connectivity index (χ3n) is 4.73. The Morgan fingerprint density at radius 3 is 2.78 bits per heavy atom. The van der Waals surface area contributed by atoms with Crippen molar-refractivity contribution in [2.24, 2.45) is 5.92 Å². The Hall–Kier alpha value is -1.41. The quantitative estimate of drug-likeness (QED) is 0.731. The molecule has 0 bridgehead atoms. The number of carbonyl (C=O) groups is 1. The van der Waals surface area contributed by atoms with Crippen LogP contribution in [0.4, 0.5) is 0 Å². The number of thiophene rings is 1. The standard InChI is InChI=1S/C19H23ClN2O3S2/c1-14-8-9-18(26-14)27(24,25)22-10-4-6-16(13-22)19(23)21(2)12-15-5-3-7-17(20)11-15/h3,5,7-9,11,16H,4,6,10,12-13H2,1-2H3. The average molecular weight is 427 g/mol. The van der Waals surface area contributed by atoms with Crippen molar-refractivity contribution in [1.82, 2.24) is 9.21 Å². The van der Waals surface area contributed by atoms with E-state index in [0.717, 1.165) is 10.4 Å². The minimum absolute atomic E-state index is 0.0303. The summed E-state index contributed by atoms with van der Waals surface area (Å²) in [5, 5.41) is 0.634. The van der Waals surface area contributed by atoms with Gasteiger partial charge in [0.25, 0.3) is 10.0 Å². The predicted octanol–water partition coefficient (Wildman–Crippen LogP) is 3.77. The van der Waals surface area contributed by atoms with Crippen LogP contribution in [0.5, 0.6) is 0 Å². The van der Waals surface area contributed by atoms with Crippen molar-refractivity contribution in [3.63, 3.8) is 0 Å². The Kier molecular flexibility index (Phi) is 6.25. The molecule has 1 unspecified atom stereocenters. The lowest BCUT2D eigenvalue weighted by Crippen LogP contribution is -2.45. The van der Waals surface area contributed by atoms with Crippen molar-refractivity contribution in [1.29, 1.82) is 0 Å². The van der Waals surface area contributed by atoms with Crippen molar-refractivity contribution in [3.05, 3.63) is 51.9 Å². The second-order valence-corrected chi connectivity index (χ2v) is 10.8. The van der Waals surface area contributed by atoms with Crippen LogP contribution in [0.25, 0.3) is 0 Å². The van der Waals surface area contributed by atoms with E-state index < -0.39 is 10.0 Å². The van der Waals surface area contributed by atoms with Crippen molar-refractivity contribution >= 4 is 38.9 Å². The highest BCUT2D eigenvalue weighted by molar-refractivity contribution is 7.91. The fraction of sp³-hybridized carbons (Fsp3) is 0.421. The lowest BCUT2D eigenvalue weighted by Gasteiger charge is -2.33. The molecule has 1 fully saturated rings. The van der Waals surface area contributed by atoms with E-state index in [1.54, 1.807) is 24.1 Å². The molecule has 5 nitrogen and oxygen atoms in total. The van der Waals surface area contributed by atoms with E-state index in [-0.39, 0.29) is 18.4 Å². The Morgan fingerprint density at radius 1 is 1.33 bits per heavy atom. The number of hydrogen-bond acceptors (Lipinski definition) is 4. The van der Waals surface area contributed by atoms with Crippen LogP contribution in [-0.4, -0.2) is 43.7 Å². The number of sulfonamides is 1. The summed E-state index contributed by atoms with van der Waals surface area (Å²) in [6, 6.07) is 10.9. The number of piperidine rings is 1. The summed E-state index contributed by atoms with van der Waals surface area (Å²) in [6.45, 7) is 3.03. The van der Waals surface area contributed by atoms with Gasteiger partial charge in [-0.3, -0.25) is 4.79 Å². The molecule has 0 N–H and O–H groups in total. The topological polar surface area (TPSA) is 57.7 Å². The molecular formula is C19H23ClN2O3S2. The molecule has 1 amide bonds. The molecule has 1 saturated heterocycles. The molecule has 8 heteroatoms. The molecule has 2 aromatic rings. The van der Waals surface area contributed by atoms with Gasteiger partial charge in [-0.15, -0.1) is 11.3 Å². The van der Waals surface area contributed by atoms with E-state index >= 15 is 0 Å². The van der Waals surface area contributed by atoms with E-state index in [0.29, 0.717) is 35.2 Å². The summed E-state index contributed by atoms with van der Waals surface area (Å²) >= 11 is 7.28. The molecule has 0 radical (unpaired) electrons. The van der Waals surface area contributed by atoms with Crippen molar-refractivity contribution in [2.45, 2.75) is 30.5 Å². The number of hydrogen-bond donors (Lipinski definition) is 0. The minimum Gasteiger partial charge on any atom is -0.341 e. The number of carbonyl (C=O) groups excluding carboxylic acids is 1. The molecule has 146 valence electrons. The van der Waals surface area contributed by atoms with E-state index in [4.69, 9.17) is 11.6 Å². The summed E-state index contributed by atoms with van der Waals surface area (Å²) in [5.74, 6) is -0.351. The summed E-state index contributed by atoms with van der Waals surface area (Å²) in [6.07, 6.45) is 1.39. The number of halogens is 1. The van der Waals surface area contributed by atoms with Crippen LogP contribution >= 0.6 is 22.9 Å². The molecule has 0 saturated carbocycles. The highest BCUT2D eigenvalue weighted by Crippen LogP contribution is 2.29. The van der Waals surface area contributed by atoms with E-state index in [1.807, 2.05) is 31.2 Å². The van der Waals surface area contributed by atoms with E-state index in [1.165, 1.54) is 15.6 Å². The second kappa shape index (κ2) is 8.31. The molecule has 0 aliphatic carbocycles. The maximum atomic E-state index is 12.9. The van der Waals surface area contributed by atoms with Crippen LogP contribution in [-0.2, 0) is 21.4 Å². The number of rotatable bonds is 5. The zero-order valence-corrected chi connectivity index (χ0v) is 17.8. The van der Waals surface area contributed by atoms with Gasteiger partial charge < -0.3 is 4.90 Å².